The van der Waals surface area contributed by atoms with Crippen molar-refractivity contribution in [3.8, 4) is 5.82 Å². The standard InChI is InChI=1S/C20H16Br3ClN6O4/c1-3-29(28(2)20(33)34)19(32)11-7-10(21)8-12(22)16(11)26-18(31)14-9-15(23)27-30(14)17-13(24)5-4-6-25-17/h4-9H,3H2,1-2H3,(H,26,31)(H,33,34). The summed E-state index contributed by atoms with van der Waals surface area (Å²) in [5.41, 5.74) is 0.299. The molecule has 178 valence electrons. The quantitative estimate of drug-likeness (QED) is 0.347. The molecule has 0 spiro atoms. The van der Waals surface area contributed by atoms with Gasteiger partial charge < -0.3 is 10.4 Å². The number of nitrogens with one attached hydrogen (secondary N) is 1. The van der Waals surface area contributed by atoms with E-state index in [1.807, 2.05) is 0 Å². The second-order valence-corrected chi connectivity index (χ2v) is 9.65. The summed E-state index contributed by atoms with van der Waals surface area (Å²) < 4.78 is 2.58. The maximum Gasteiger partial charge on any atom is 0.426 e. The van der Waals surface area contributed by atoms with Crippen LogP contribution in [-0.2, 0) is 0 Å². The molecule has 3 rings (SSSR count). The Morgan fingerprint density at radius 1 is 1.21 bits per heavy atom. The van der Waals surface area contributed by atoms with E-state index in [1.165, 1.54) is 30.1 Å². The fraction of sp³-hybridized carbons (Fsp3) is 0.150. The number of aromatic nitrogens is 3. The fourth-order valence-electron chi connectivity index (χ4n) is 2.99. The molecule has 0 fully saturated rings. The SMILES string of the molecule is CCN(C(=O)c1cc(Br)cc(Br)c1NC(=O)c1cc(Br)nn1-c1ncccc1Cl)N(C)C(=O)O. The van der Waals surface area contributed by atoms with Gasteiger partial charge in [-0.2, -0.15) is 5.10 Å². The monoisotopic (exact) mass is 676 g/mol. The van der Waals surface area contributed by atoms with Crippen LogP contribution in [0.1, 0.15) is 27.8 Å². The molecule has 0 aliphatic rings. The summed E-state index contributed by atoms with van der Waals surface area (Å²) >= 11 is 16.2. The lowest BCUT2D eigenvalue weighted by Gasteiger charge is -2.29. The summed E-state index contributed by atoms with van der Waals surface area (Å²) in [4.78, 5) is 42.2. The third kappa shape index (κ3) is 5.43. The number of anilines is 1. The van der Waals surface area contributed by atoms with Gasteiger partial charge in [0.1, 0.15) is 10.3 Å². The number of rotatable bonds is 5. The Bertz CT molecular complexity index is 1290. The van der Waals surface area contributed by atoms with Crippen LogP contribution in [0.25, 0.3) is 5.82 Å². The highest BCUT2D eigenvalue weighted by Crippen LogP contribution is 2.33. The van der Waals surface area contributed by atoms with Crippen LogP contribution in [0, 0.1) is 0 Å². The topological polar surface area (TPSA) is 121 Å². The molecule has 2 heterocycles. The van der Waals surface area contributed by atoms with Crippen molar-refractivity contribution in [2.75, 3.05) is 18.9 Å². The molecule has 0 saturated heterocycles. The molecule has 0 aliphatic heterocycles. The van der Waals surface area contributed by atoms with Crippen molar-refractivity contribution in [1.29, 1.82) is 0 Å². The zero-order valence-electron chi connectivity index (χ0n) is 17.6. The third-order valence-corrected chi connectivity index (χ3v) is 6.31. The van der Waals surface area contributed by atoms with E-state index in [0.29, 0.717) is 13.5 Å². The molecule has 2 N–H and O–H groups in total. The zero-order chi connectivity index (χ0) is 25.2. The number of amides is 3. The minimum atomic E-state index is -1.31. The normalized spacial score (nSPS) is 10.6. The minimum absolute atomic E-state index is 0.0607. The molecule has 34 heavy (non-hydrogen) atoms. The Morgan fingerprint density at radius 2 is 1.91 bits per heavy atom. The second-order valence-electron chi connectivity index (χ2n) is 6.66. The maximum atomic E-state index is 13.3. The molecule has 0 bridgehead atoms. The molecule has 3 amide bonds. The Labute approximate surface area is 224 Å². The van der Waals surface area contributed by atoms with Gasteiger partial charge in [0.05, 0.1) is 16.3 Å². The highest BCUT2D eigenvalue weighted by atomic mass is 79.9. The smallest absolute Gasteiger partial charge is 0.426 e. The first-order chi connectivity index (χ1) is 16.0. The van der Waals surface area contributed by atoms with Crippen molar-refractivity contribution in [1.82, 2.24) is 24.8 Å². The number of nitrogens with zero attached hydrogens (tertiary/aromatic N) is 5. The number of carbonyl (C=O) groups is 3. The van der Waals surface area contributed by atoms with E-state index in [1.54, 1.807) is 25.1 Å². The van der Waals surface area contributed by atoms with Crippen LogP contribution in [0.2, 0.25) is 5.02 Å². The van der Waals surface area contributed by atoms with Crippen LogP contribution in [0.5, 0.6) is 0 Å². The van der Waals surface area contributed by atoms with Gasteiger partial charge in [0.2, 0.25) is 0 Å². The lowest BCUT2D eigenvalue weighted by molar-refractivity contribution is 0.0144. The lowest BCUT2D eigenvalue weighted by atomic mass is 10.1. The Balaban J connectivity index is 2.05. The minimum Gasteiger partial charge on any atom is -0.464 e. The number of hydrogen-bond acceptors (Lipinski definition) is 5. The van der Waals surface area contributed by atoms with Gasteiger partial charge in [-0.1, -0.05) is 27.5 Å². The predicted octanol–water partition coefficient (Wildman–Crippen LogP) is 5.45. The first kappa shape index (κ1) is 26.1. The fourth-order valence-corrected chi connectivity index (χ4v) is 4.89. The number of carbonyl (C=O) groups excluding carboxylic acids is 2. The van der Waals surface area contributed by atoms with E-state index < -0.39 is 17.9 Å². The van der Waals surface area contributed by atoms with Gasteiger partial charge in [0.15, 0.2) is 5.82 Å². The average Bonchev–Trinajstić information content (AvgIpc) is 3.17. The maximum absolute atomic E-state index is 13.3. The highest BCUT2D eigenvalue weighted by molar-refractivity contribution is 9.11. The lowest BCUT2D eigenvalue weighted by Crippen LogP contribution is -2.47. The van der Waals surface area contributed by atoms with Crippen molar-refractivity contribution >= 4 is 83.0 Å². The Kier molecular flexibility index (Phi) is 8.34. The molecule has 0 unspecified atom stereocenters. The van der Waals surface area contributed by atoms with Gasteiger partial charge >= 0.3 is 6.09 Å². The van der Waals surface area contributed by atoms with Crippen LogP contribution in [0.15, 0.2) is 50.1 Å². The number of halogens is 4. The van der Waals surface area contributed by atoms with E-state index in [-0.39, 0.29) is 34.3 Å². The van der Waals surface area contributed by atoms with Crippen LogP contribution >= 0.6 is 59.4 Å². The van der Waals surface area contributed by atoms with Gasteiger partial charge in [-0.15, -0.1) is 0 Å². The molecule has 0 radical (unpaired) electrons. The summed E-state index contributed by atoms with van der Waals surface area (Å²) in [6.07, 6.45) is 0.203. The second kappa shape index (κ2) is 10.8. The molecule has 0 atom stereocenters. The average molecular weight is 680 g/mol. The van der Waals surface area contributed by atoms with Crippen molar-refractivity contribution in [2.45, 2.75) is 6.92 Å². The molecule has 10 nitrogen and oxygen atoms in total. The van der Waals surface area contributed by atoms with E-state index in [4.69, 9.17) is 11.6 Å². The summed E-state index contributed by atoms with van der Waals surface area (Å²) in [6.45, 7) is 1.71. The van der Waals surface area contributed by atoms with Crippen molar-refractivity contribution < 1.29 is 19.5 Å². The van der Waals surface area contributed by atoms with E-state index in [2.05, 4.69) is 63.2 Å². The van der Waals surface area contributed by atoms with Crippen molar-refractivity contribution in [2.24, 2.45) is 0 Å². The molecule has 1 aromatic carbocycles. The predicted molar refractivity (Wildman–Crippen MR) is 136 cm³/mol. The summed E-state index contributed by atoms with van der Waals surface area (Å²) in [5, 5.41) is 18.4. The summed E-state index contributed by atoms with van der Waals surface area (Å²) in [6, 6.07) is 7.87. The van der Waals surface area contributed by atoms with Gasteiger partial charge in [-0.3, -0.25) is 9.59 Å². The Hall–Kier alpha value is -2.48. The Morgan fingerprint density at radius 3 is 2.53 bits per heavy atom. The summed E-state index contributed by atoms with van der Waals surface area (Å²) in [5.74, 6) is -0.995. The molecular formula is C20H16Br3ClN6O4. The number of carboxylic acid groups (broad SMARTS) is 1. The highest BCUT2D eigenvalue weighted by Gasteiger charge is 2.27. The number of hydrazine groups is 1. The van der Waals surface area contributed by atoms with E-state index in [9.17, 15) is 19.5 Å². The van der Waals surface area contributed by atoms with Crippen LogP contribution in [0.3, 0.4) is 0 Å². The van der Waals surface area contributed by atoms with Gasteiger partial charge in [0.25, 0.3) is 11.8 Å². The molecular weight excluding hydrogens is 663 g/mol. The molecule has 0 aliphatic carbocycles. The third-order valence-electron chi connectivity index (χ3n) is 4.55. The zero-order valence-corrected chi connectivity index (χ0v) is 23.1. The number of pyridine rings is 1. The van der Waals surface area contributed by atoms with Gasteiger partial charge in [0, 0.05) is 34.8 Å². The van der Waals surface area contributed by atoms with Crippen LogP contribution in [-0.4, -0.2) is 61.4 Å². The van der Waals surface area contributed by atoms with Crippen molar-refractivity contribution in [3.63, 3.8) is 0 Å². The van der Waals surface area contributed by atoms with Crippen LogP contribution < -0.4 is 5.32 Å². The number of benzene rings is 1. The first-order valence-electron chi connectivity index (χ1n) is 9.50. The summed E-state index contributed by atoms with van der Waals surface area (Å²) in [7, 11) is 1.25. The van der Waals surface area contributed by atoms with Crippen LogP contribution in [0.4, 0.5) is 10.5 Å². The number of hydrogen-bond donors (Lipinski definition) is 2. The molecule has 0 saturated carbocycles. The van der Waals surface area contributed by atoms with Gasteiger partial charge in [-0.05, 0) is 63.0 Å². The molecule has 14 heteroatoms. The van der Waals surface area contributed by atoms with E-state index in [0.717, 1.165) is 10.0 Å². The first-order valence-corrected chi connectivity index (χ1v) is 12.3. The molecule has 2 aromatic heterocycles. The molecule has 3 aromatic rings. The van der Waals surface area contributed by atoms with E-state index >= 15 is 0 Å². The van der Waals surface area contributed by atoms with Gasteiger partial charge in [-0.25, -0.2) is 24.5 Å². The van der Waals surface area contributed by atoms with Crippen molar-refractivity contribution in [3.05, 3.63) is 66.4 Å². The largest absolute Gasteiger partial charge is 0.464 e.